The second-order valence-corrected chi connectivity index (χ2v) is 2.32. The third-order valence-corrected chi connectivity index (χ3v) is 1.21. The van der Waals surface area contributed by atoms with Gasteiger partial charge in [-0.2, -0.15) is 0 Å². The van der Waals surface area contributed by atoms with Gasteiger partial charge in [-0.3, -0.25) is 4.79 Å². The lowest BCUT2D eigenvalue weighted by Crippen LogP contribution is -2.06. The van der Waals surface area contributed by atoms with Gasteiger partial charge in [0.2, 0.25) is 0 Å². The molecule has 1 aromatic rings. The molecule has 0 aromatic carbocycles. The van der Waals surface area contributed by atoms with Crippen molar-refractivity contribution in [2.24, 2.45) is 0 Å². The van der Waals surface area contributed by atoms with Gasteiger partial charge >= 0.3 is 0 Å². The Morgan fingerprint density at radius 2 is 2.40 bits per heavy atom. The molecule has 1 rings (SSSR count). The molecule has 10 heavy (non-hydrogen) atoms. The first-order chi connectivity index (χ1) is 4.75. The number of rotatable bonds is 2. The number of carbonyl (C=O) groups excluding carboxylic acids is 1. The van der Waals surface area contributed by atoms with Crippen LogP contribution in [-0.2, 0) is 0 Å². The summed E-state index contributed by atoms with van der Waals surface area (Å²) in [6, 6.07) is 0.197. The van der Waals surface area contributed by atoms with Crippen LogP contribution in [0.4, 0.5) is 0 Å². The van der Waals surface area contributed by atoms with E-state index >= 15 is 0 Å². The molecule has 0 aliphatic rings. The zero-order chi connectivity index (χ0) is 7.56. The van der Waals surface area contributed by atoms with Crippen molar-refractivity contribution in [1.29, 1.82) is 0 Å². The molecule has 1 heterocycles. The number of carbonyl (C=O) groups is 1. The van der Waals surface area contributed by atoms with Crippen LogP contribution < -0.4 is 0 Å². The molecule has 0 atom stereocenters. The molecule has 0 unspecified atom stereocenters. The predicted octanol–water partition coefficient (Wildman–Crippen LogP) is 0.671. The van der Waals surface area contributed by atoms with Crippen LogP contribution >= 0.6 is 0 Å². The Balaban J connectivity index is 3.01. The summed E-state index contributed by atoms with van der Waals surface area (Å²) >= 11 is 0. The van der Waals surface area contributed by atoms with Crippen LogP contribution in [-0.4, -0.2) is 21.3 Å². The Kier molecular flexibility index (Phi) is 1.80. The molecule has 0 aliphatic carbocycles. The number of aromatic nitrogens is 3. The molecule has 0 aliphatic heterocycles. The third kappa shape index (κ3) is 1.05. The summed E-state index contributed by atoms with van der Waals surface area (Å²) in [5, 5.41) is 7.32. The van der Waals surface area contributed by atoms with E-state index in [0.29, 0.717) is 5.69 Å². The Morgan fingerprint density at radius 1 is 1.70 bits per heavy atom. The zero-order valence-corrected chi connectivity index (χ0v) is 5.98. The van der Waals surface area contributed by atoms with Crippen LogP contribution in [0.1, 0.15) is 30.4 Å². The fourth-order valence-electron chi connectivity index (χ4n) is 0.737. The number of aldehydes is 1. The normalized spacial score (nSPS) is 10.3. The van der Waals surface area contributed by atoms with Gasteiger partial charge in [0.25, 0.3) is 0 Å². The third-order valence-electron chi connectivity index (χ3n) is 1.21. The highest BCUT2D eigenvalue weighted by molar-refractivity contribution is 5.71. The maximum Gasteiger partial charge on any atom is 0.169 e. The minimum Gasteiger partial charge on any atom is -0.296 e. The smallest absolute Gasteiger partial charge is 0.169 e. The second-order valence-electron chi connectivity index (χ2n) is 2.32. The number of hydrogen-bond acceptors (Lipinski definition) is 3. The highest BCUT2D eigenvalue weighted by Crippen LogP contribution is 2.02. The number of nitrogens with zero attached hydrogens (tertiary/aromatic N) is 3. The van der Waals surface area contributed by atoms with E-state index in [0.717, 1.165) is 6.29 Å². The van der Waals surface area contributed by atoms with Crippen molar-refractivity contribution in [2.75, 3.05) is 0 Å². The minimum absolute atomic E-state index is 0.197. The summed E-state index contributed by atoms with van der Waals surface area (Å²) in [7, 11) is 0. The molecular weight excluding hydrogens is 130 g/mol. The molecule has 0 fully saturated rings. The fourth-order valence-corrected chi connectivity index (χ4v) is 0.737. The SMILES string of the molecule is CC(C)n1nncc1C=O. The maximum atomic E-state index is 10.3. The lowest BCUT2D eigenvalue weighted by atomic mass is 10.4. The van der Waals surface area contributed by atoms with E-state index in [2.05, 4.69) is 10.3 Å². The highest BCUT2D eigenvalue weighted by atomic mass is 16.1. The Labute approximate surface area is 58.8 Å². The van der Waals surface area contributed by atoms with Crippen LogP contribution in [0.15, 0.2) is 6.20 Å². The summed E-state index contributed by atoms with van der Waals surface area (Å²) in [5.41, 5.74) is 0.523. The van der Waals surface area contributed by atoms with Crippen LogP contribution in [0.5, 0.6) is 0 Å². The van der Waals surface area contributed by atoms with Gasteiger partial charge in [0.05, 0.1) is 6.20 Å². The van der Waals surface area contributed by atoms with Crippen LogP contribution in [0, 0.1) is 0 Å². The van der Waals surface area contributed by atoms with Crippen molar-refractivity contribution >= 4 is 6.29 Å². The molecule has 0 radical (unpaired) electrons. The molecule has 54 valence electrons. The van der Waals surface area contributed by atoms with Gasteiger partial charge < -0.3 is 0 Å². The second kappa shape index (κ2) is 2.60. The van der Waals surface area contributed by atoms with E-state index in [4.69, 9.17) is 0 Å². The first-order valence-electron chi connectivity index (χ1n) is 3.11. The topological polar surface area (TPSA) is 47.8 Å². The highest BCUT2D eigenvalue weighted by Gasteiger charge is 2.03. The Bertz CT molecular complexity index is 229. The molecule has 0 saturated heterocycles. The van der Waals surface area contributed by atoms with Gasteiger partial charge in [-0.1, -0.05) is 5.21 Å². The van der Waals surface area contributed by atoms with Gasteiger partial charge in [0.1, 0.15) is 5.69 Å². The lowest BCUT2D eigenvalue weighted by molar-refractivity contribution is 0.111. The van der Waals surface area contributed by atoms with Gasteiger partial charge in [-0.25, -0.2) is 4.68 Å². The number of hydrogen-bond donors (Lipinski definition) is 0. The Hall–Kier alpha value is -1.19. The van der Waals surface area contributed by atoms with Crippen LogP contribution in [0.3, 0.4) is 0 Å². The summed E-state index contributed by atoms with van der Waals surface area (Å²) in [5.74, 6) is 0. The van der Waals surface area contributed by atoms with E-state index in [9.17, 15) is 4.79 Å². The average molecular weight is 139 g/mol. The van der Waals surface area contributed by atoms with Crippen molar-refractivity contribution in [2.45, 2.75) is 19.9 Å². The van der Waals surface area contributed by atoms with Crippen LogP contribution in [0.25, 0.3) is 0 Å². The first kappa shape index (κ1) is 6.92. The van der Waals surface area contributed by atoms with Gasteiger partial charge in [-0.15, -0.1) is 5.10 Å². The van der Waals surface area contributed by atoms with E-state index < -0.39 is 0 Å². The largest absolute Gasteiger partial charge is 0.296 e. The van der Waals surface area contributed by atoms with Crippen molar-refractivity contribution in [3.63, 3.8) is 0 Å². The molecule has 1 aromatic heterocycles. The van der Waals surface area contributed by atoms with E-state index in [1.807, 2.05) is 13.8 Å². The quantitative estimate of drug-likeness (QED) is 0.566. The van der Waals surface area contributed by atoms with Crippen molar-refractivity contribution < 1.29 is 4.79 Å². The fraction of sp³-hybridized carbons (Fsp3) is 0.500. The van der Waals surface area contributed by atoms with E-state index in [1.165, 1.54) is 6.20 Å². The summed E-state index contributed by atoms with van der Waals surface area (Å²) < 4.78 is 1.58. The van der Waals surface area contributed by atoms with Gasteiger partial charge in [0.15, 0.2) is 6.29 Å². The monoisotopic (exact) mass is 139 g/mol. The first-order valence-corrected chi connectivity index (χ1v) is 3.11. The van der Waals surface area contributed by atoms with Crippen molar-refractivity contribution in [1.82, 2.24) is 15.0 Å². The molecule has 0 spiro atoms. The molecule has 0 bridgehead atoms. The summed E-state index contributed by atoms with van der Waals surface area (Å²) in [6.07, 6.45) is 2.20. The maximum absolute atomic E-state index is 10.3. The minimum atomic E-state index is 0.197. The molecular formula is C6H9N3O. The predicted molar refractivity (Wildman–Crippen MR) is 35.8 cm³/mol. The van der Waals surface area contributed by atoms with Crippen LogP contribution in [0.2, 0.25) is 0 Å². The van der Waals surface area contributed by atoms with Gasteiger partial charge in [-0.05, 0) is 13.8 Å². The molecule has 0 amide bonds. The van der Waals surface area contributed by atoms with Crippen molar-refractivity contribution in [3.8, 4) is 0 Å². The zero-order valence-electron chi connectivity index (χ0n) is 5.98. The molecule has 0 N–H and O–H groups in total. The standard InChI is InChI=1S/C6H9N3O/c1-5(2)9-6(4-10)3-7-8-9/h3-5H,1-2H3. The summed E-state index contributed by atoms with van der Waals surface area (Å²) in [4.78, 5) is 10.3. The lowest BCUT2D eigenvalue weighted by Gasteiger charge is -2.03. The summed E-state index contributed by atoms with van der Waals surface area (Å²) in [6.45, 7) is 3.89. The average Bonchev–Trinajstić information content (AvgIpc) is 2.33. The van der Waals surface area contributed by atoms with E-state index in [1.54, 1.807) is 4.68 Å². The van der Waals surface area contributed by atoms with Crippen molar-refractivity contribution in [3.05, 3.63) is 11.9 Å². The van der Waals surface area contributed by atoms with E-state index in [-0.39, 0.29) is 6.04 Å². The Morgan fingerprint density at radius 3 is 2.80 bits per heavy atom. The molecule has 0 saturated carbocycles. The molecule has 4 heteroatoms. The molecule has 4 nitrogen and oxygen atoms in total. The van der Waals surface area contributed by atoms with Gasteiger partial charge in [0, 0.05) is 6.04 Å².